The minimum atomic E-state index is -4.00. The molecule has 0 saturated carbocycles. The smallest absolute Gasteiger partial charge is 0.269 e. The monoisotopic (exact) mass is 541 g/mol. The van der Waals surface area contributed by atoms with Crippen molar-refractivity contribution in [2.75, 3.05) is 32.6 Å². The molecule has 2 aliphatic heterocycles. The zero-order chi connectivity index (χ0) is 25.2. The number of aromatic hydroxyl groups is 1. The number of hydrogen-bond donors (Lipinski definition) is 3. The third-order valence-electron chi connectivity index (χ3n) is 5.47. The molecule has 2 aromatic rings. The Morgan fingerprint density at radius 3 is 2.46 bits per heavy atom. The van der Waals surface area contributed by atoms with Crippen LogP contribution < -0.4 is 20.1 Å². The van der Waals surface area contributed by atoms with Gasteiger partial charge in [0, 0.05) is 19.6 Å². The van der Waals surface area contributed by atoms with E-state index in [4.69, 9.17) is 21.1 Å². The van der Waals surface area contributed by atoms with E-state index in [9.17, 15) is 17.7 Å². The number of nitrogens with zero attached hydrogens (tertiary/aromatic N) is 3. The van der Waals surface area contributed by atoms with Crippen LogP contribution in [0.3, 0.4) is 0 Å². The Labute approximate surface area is 210 Å². The van der Waals surface area contributed by atoms with Crippen LogP contribution in [-0.4, -0.2) is 61.0 Å². The first-order valence-corrected chi connectivity index (χ1v) is 13.5. The van der Waals surface area contributed by atoms with Crippen LogP contribution in [0.5, 0.6) is 17.2 Å². The number of benzene rings is 2. The highest BCUT2D eigenvalue weighted by Crippen LogP contribution is 2.39. The molecule has 2 aliphatic rings. The van der Waals surface area contributed by atoms with E-state index in [0.717, 1.165) is 18.4 Å². The van der Waals surface area contributed by atoms with Crippen LogP contribution in [0.15, 0.2) is 44.0 Å². The number of nitrogens with one attached hydrogen (secondary N) is 2. The van der Waals surface area contributed by atoms with Crippen molar-refractivity contribution in [3.8, 4) is 17.2 Å². The number of anilines is 1. The van der Waals surface area contributed by atoms with Gasteiger partial charge in [0.05, 0.1) is 24.9 Å². The molecule has 0 spiro atoms. The van der Waals surface area contributed by atoms with E-state index in [1.54, 1.807) is 19.2 Å². The fourth-order valence-electron chi connectivity index (χ4n) is 3.72. The molecule has 1 unspecified atom stereocenters. The number of halogens is 1. The first-order chi connectivity index (χ1) is 16.7. The first-order valence-electron chi connectivity index (χ1n) is 10.6. The third kappa shape index (κ3) is 5.22. The molecule has 1 saturated heterocycles. The molecule has 35 heavy (non-hydrogen) atoms. The molecule has 11 nitrogen and oxygen atoms in total. The van der Waals surface area contributed by atoms with Gasteiger partial charge in [0.25, 0.3) is 11.2 Å². The van der Waals surface area contributed by atoms with Crippen LogP contribution in [0.4, 0.5) is 5.69 Å². The molecule has 4 rings (SSSR count). The van der Waals surface area contributed by atoms with Crippen molar-refractivity contribution in [2.24, 2.45) is 8.80 Å². The van der Waals surface area contributed by atoms with Gasteiger partial charge in [-0.1, -0.05) is 17.7 Å². The van der Waals surface area contributed by atoms with Gasteiger partial charge in [-0.05, 0) is 42.7 Å². The van der Waals surface area contributed by atoms with Crippen molar-refractivity contribution >= 4 is 50.2 Å². The van der Waals surface area contributed by atoms with E-state index in [2.05, 4.69) is 19.4 Å². The summed E-state index contributed by atoms with van der Waals surface area (Å²) in [6, 6.07) is 8.14. The normalized spacial score (nSPS) is 18.2. The van der Waals surface area contributed by atoms with Gasteiger partial charge in [0.15, 0.2) is 28.9 Å². The predicted octanol–water partition coefficient (Wildman–Crippen LogP) is 2.44. The highest BCUT2D eigenvalue weighted by atomic mass is 35.5. The van der Waals surface area contributed by atoms with E-state index in [1.807, 2.05) is 6.07 Å². The number of phenolic OH excluding ortho intramolecular Hbond substituents is 1. The Morgan fingerprint density at radius 2 is 1.77 bits per heavy atom. The molecule has 0 bridgehead atoms. The van der Waals surface area contributed by atoms with Crippen molar-refractivity contribution < 1.29 is 27.2 Å². The topological polar surface area (TPSA) is 142 Å². The summed E-state index contributed by atoms with van der Waals surface area (Å²) in [5, 5.41) is 16.6. The van der Waals surface area contributed by atoms with Gasteiger partial charge in [0.2, 0.25) is 10.0 Å². The molecule has 188 valence electrons. The van der Waals surface area contributed by atoms with E-state index in [-0.39, 0.29) is 33.8 Å². The zero-order valence-electron chi connectivity index (χ0n) is 18.9. The van der Waals surface area contributed by atoms with Gasteiger partial charge in [-0.15, -0.1) is 8.80 Å². The van der Waals surface area contributed by atoms with Gasteiger partial charge in [-0.25, -0.2) is 12.6 Å². The summed E-state index contributed by atoms with van der Waals surface area (Å²) < 4.78 is 57.9. The number of rotatable bonds is 7. The summed E-state index contributed by atoms with van der Waals surface area (Å²) in [5.74, 6) is 0.831. The average molecular weight is 542 g/mol. The molecule has 1 fully saturated rings. The molecule has 3 N–H and O–H groups in total. The second-order valence-electron chi connectivity index (χ2n) is 7.66. The molecule has 2 heterocycles. The molecule has 0 aliphatic carbocycles. The van der Waals surface area contributed by atoms with E-state index in [0.29, 0.717) is 24.6 Å². The Balaban J connectivity index is 1.54. The first kappa shape index (κ1) is 25.2. The quantitative estimate of drug-likeness (QED) is 0.454. The van der Waals surface area contributed by atoms with Crippen LogP contribution in [0.1, 0.15) is 18.4 Å². The number of sulfonamides is 1. The van der Waals surface area contributed by atoms with E-state index < -0.39 is 26.9 Å². The largest absolute Gasteiger partial charge is 0.504 e. The average Bonchev–Trinajstić information content (AvgIpc) is 3.49. The maximum absolute atomic E-state index is 13.1. The number of ether oxygens (including phenoxy) is 2. The van der Waals surface area contributed by atoms with E-state index >= 15 is 0 Å². The fraction of sp³-hybridized carbons (Fsp3) is 0.333. The number of phenols is 1. The van der Waals surface area contributed by atoms with Crippen molar-refractivity contribution in [3.05, 3.63) is 40.9 Å². The standard InChI is InChI=1S/C21H24ClN5O6S2/c1-32-16-8-5-13(11-17(16)33-2)12-23-20-21(26-34(29)25-20)24-15-7-6-14(22)19(18(15)28)35(30,31)27-9-3-4-10-27/h5-8,11,28H,3-4,9-10,12H2,1-2H3,(H,23,25)(H,24,26). The second kappa shape index (κ2) is 10.4. The minimum Gasteiger partial charge on any atom is -0.504 e. The van der Waals surface area contributed by atoms with Crippen molar-refractivity contribution in [3.63, 3.8) is 0 Å². The molecular weight excluding hydrogens is 518 g/mol. The van der Waals surface area contributed by atoms with Crippen molar-refractivity contribution in [1.29, 1.82) is 0 Å². The Morgan fingerprint density at radius 1 is 1.09 bits per heavy atom. The van der Waals surface area contributed by atoms with Gasteiger partial charge < -0.3 is 25.2 Å². The van der Waals surface area contributed by atoms with Gasteiger partial charge in [-0.2, -0.15) is 4.31 Å². The fourth-order valence-corrected chi connectivity index (χ4v) is 6.46. The molecule has 0 aromatic heterocycles. The molecule has 0 amide bonds. The lowest BCUT2D eigenvalue weighted by atomic mass is 10.2. The summed E-state index contributed by atoms with van der Waals surface area (Å²) >= 11 is 4.28. The van der Waals surface area contributed by atoms with Gasteiger partial charge in [0.1, 0.15) is 4.90 Å². The van der Waals surface area contributed by atoms with Crippen LogP contribution in [-0.2, 0) is 27.7 Å². The summed E-state index contributed by atoms with van der Waals surface area (Å²) in [5.41, 5.74) is 0.862. The van der Waals surface area contributed by atoms with Crippen LogP contribution in [0.25, 0.3) is 0 Å². The number of amidine groups is 2. The Hall–Kier alpha value is -2.87. The SMILES string of the molecule is COc1ccc(CNC2=NS(=O)N=C2Nc2ccc(Cl)c(S(=O)(=O)N3CCCC3)c2O)cc1OC. The maximum Gasteiger partial charge on any atom is 0.269 e. The third-order valence-corrected chi connectivity index (χ3v) is 8.55. The van der Waals surface area contributed by atoms with Crippen molar-refractivity contribution in [1.82, 2.24) is 9.62 Å². The van der Waals surface area contributed by atoms with Gasteiger partial charge >= 0.3 is 0 Å². The lowest BCUT2D eigenvalue weighted by Gasteiger charge is -2.19. The zero-order valence-corrected chi connectivity index (χ0v) is 21.3. The highest BCUT2D eigenvalue weighted by molar-refractivity contribution is 7.89. The summed E-state index contributed by atoms with van der Waals surface area (Å²) in [4.78, 5) is -0.387. The molecular formula is C21H24ClN5O6S2. The number of hydrogen-bond acceptors (Lipinski definition) is 8. The van der Waals surface area contributed by atoms with Gasteiger partial charge in [-0.3, -0.25) is 0 Å². The maximum atomic E-state index is 13.1. The highest BCUT2D eigenvalue weighted by Gasteiger charge is 2.33. The Bertz CT molecular complexity index is 1330. The van der Waals surface area contributed by atoms with Crippen LogP contribution >= 0.6 is 11.6 Å². The second-order valence-corrected chi connectivity index (χ2v) is 10.8. The lowest BCUT2D eigenvalue weighted by molar-refractivity contribution is 0.354. The predicted molar refractivity (Wildman–Crippen MR) is 134 cm³/mol. The Kier molecular flexibility index (Phi) is 7.50. The summed E-state index contributed by atoms with van der Waals surface area (Å²) in [7, 11) is -0.921. The van der Waals surface area contributed by atoms with Crippen molar-refractivity contribution in [2.45, 2.75) is 24.3 Å². The molecule has 14 heteroatoms. The van der Waals surface area contributed by atoms with Crippen LogP contribution in [0.2, 0.25) is 5.02 Å². The molecule has 0 radical (unpaired) electrons. The number of methoxy groups -OCH3 is 2. The lowest BCUT2D eigenvalue weighted by Crippen LogP contribution is -2.33. The van der Waals surface area contributed by atoms with Crippen LogP contribution in [0, 0.1) is 0 Å². The molecule has 1 atom stereocenters. The van der Waals surface area contributed by atoms with E-state index in [1.165, 1.54) is 23.5 Å². The minimum absolute atomic E-state index is 0.0328. The summed E-state index contributed by atoms with van der Waals surface area (Å²) in [6.45, 7) is 1.01. The molecule has 2 aromatic carbocycles. The summed E-state index contributed by atoms with van der Waals surface area (Å²) in [6.07, 6.45) is 1.48.